The molecule has 19 heavy (non-hydrogen) atoms. The molecule has 0 spiro atoms. The van der Waals surface area contributed by atoms with Crippen LogP contribution < -0.4 is 5.32 Å². The molecule has 1 heterocycles. The molecule has 1 aliphatic carbocycles. The Morgan fingerprint density at radius 1 is 1.32 bits per heavy atom. The van der Waals surface area contributed by atoms with E-state index in [-0.39, 0.29) is 0 Å². The second kappa shape index (κ2) is 6.04. The number of nitrogens with zero attached hydrogens (tertiary/aromatic N) is 1. The fraction of sp³-hybridized carbons (Fsp3) is 0.625. The Labute approximate surface area is 115 Å². The van der Waals surface area contributed by atoms with Gasteiger partial charge in [-0.1, -0.05) is 24.3 Å². The van der Waals surface area contributed by atoms with Crippen molar-refractivity contribution in [2.45, 2.75) is 44.5 Å². The molecular formula is C16H24N2O. The van der Waals surface area contributed by atoms with E-state index in [9.17, 15) is 0 Å². The number of fused-ring (bicyclic) bond motifs is 1. The highest BCUT2D eigenvalue weighted by Crippen LogP contribution is 2.30. The summed E-state index contributed by atoms with van der Waals surface area (Å²) in [5.74, 6) is 0. The largest absolute Gasteiger partial charge is 0.375 e. The molecule has 1 saturated carbocycles. The molecule has 1 aromatic rings. The topological polar surface area (TPSA) is 24.5 Å². The minimum atomic E-state index is 0.495. The van der Waals surface area contributed by atoms with E-state index in [1.165, 1.54) is 30.4 Å². The second-order valence-electron chi connectivity index (χ2n) is 5.73. The SMILES string of the molecule is CNCc1cccc(CN2CCOC3CCCC32)c1. The van der Waals surface area contributed by atoms with E-state index in [1.807, 2.05) is 7.05 Å². The summed E-state index contributed by atoms with van der Waals surface area (Å²) in [5, 5.41) is 3.22. The zero-order valence-corrected chi connectivity index (χ0v) is 11.8. The lowest BCUT2D eigenvalue weighted by molar-refractivity contribution is -0.0588. The number of nitrogens with one attached hydrogen (secondary N) is 1. The average Bonchev–Trinajstić information content (AvgIpc) is 2.89. The van der Waals surface area contributed by atoms with Gasteiger partial charge in [0.2, 0.25) is 0 Å². The van der Waals surface area contributed by atoms with Gasteiger partial charge in [-0.05, 0) is 37.4 Å². The van der Waals surface area contributed by atoms with Crippen LogP contribution in [0, 0.1) is 0 Å². The van der Waals surface area contributed by atoms with E-state index in [1.54, 1.807) is 0 Å². The minimum Gasteiger partial charge on any atom is -0.375 e. The molecule has 3 heteroatoms. The van der Waals surface area contributed by atoms with E-state index in [2.05, 4.69) is 34.5 Å². The fourth-order valence-corrected chi connectivity index (χ4v) is 3.48. The maximum Gasteiger partial charge on any atom is 0.0731 e. The van der Waals surface area contributed by atoms with Gasteiger partial charge in [0.05, 0.1) is 12.7 Å². The summed E-state index contributed by atoms with van der Waals surface area (Å²) in [6.45, 7) is 4.00. The molecule has 2 atom stereocenters. The van der Waals surface area contributed by atoms with Crippen molar-refractivity contribution in [3.05, 3.63) is 35.4 Å². The van der Waals surface area contributed by atoms with E-state index < -0.39 is 0 Å². The van der Waals surface area contributed by atoms with Gasteiger partial charge < -0.3 is 10.1 Å². The smallest absolute Gasteiger partial charge is 0.0731 e. The molecule has 2 fully saturated rings. The first-order chi connectivity index (χ1) is 9.36. The summed E-state index contributed by atoms with van der Waals surface area (Å²) in [6.07, 6.45) is 4.38. The van der Waals surface area contributed by atoms with E-state index in [4.69, 9.17) is 4.74 Å². The first-order valence-electron chi connectivity index (χ1n) is 7.45. The Morgan fingerprint density at radius 2 is 2.21 bits per heavy atom. The van der Waals surface area contributed by atoms with Gasteiger partial charge in [-0.3, -0.25) is 4.90 Å². The number of rotatable bonds is 4. The number of hydrogen-bond acceptors (Lipinski definition) is 3. The van der Waals surface area contributed by atoms with Crippen molar-refractivity contribution in [3.63, 3.8) is 0 Å². The monoisotopic (exact) mass is 260 g/mol. The van der Waals surface area contributed by atoms with Gasteiger partial charge in [-0.25, -0.2) is 0 Å². The Morgan fingerprint density at radius 3 is 3.11 bits per heavy atom. The maximum absolute atomic E-state index is 5.88. The Balaban J connectivity index is 1.68. The number of hydrogen-bond donors (Lipinski definition) is 1. The van der Waals surface area contributed by atoms with Gasteiger partial charge in [-0.2, -0.15) is 0 Å². The van der Waals surface area contributed by atoms with Gasteiger partial charge in [0.25, 0.3) is 0 Å². The lowest BCUT2D eigenvalue weighted by Crippen LogP contribution is -2.47. The predicted octanol–water partition coefficient (Wildman–Crippen LogP) is 2.16. The Hall–Kier alpha value is -0.900. The van der Waals surface area contributed by atoms with Gasteiger partial charge >= 0.3 is 0 Å². The highest BCUT2D eigenvalue weighted by Gasteiger charge is 2.35. The third kappa shape index (κ3) is 2.99. The van der Waals surface area contributed by atoms with E-state index in [0.29, 0.717) is 12.1 Å². The minimum absolute atomic E-state index is 0.495. The van der Waals surface area contributed by atoms with Gasteiger partial charge in [0.15, 0.2) is 0 Å². The first-order valence-corrected chi connectivity index (χ1v) is 7.45. The summed E-state index contributed by atoms with van der Waals surface area (Å²) in [5.41, 5.74) is 2.80. The summed E-state index contributed by atoms with van der Waals surface area (Å²) in [4.78, 5) is 2.62. The van der Waals surface area contributed by atoms with Crippen molar-refractivity contribution >= 4 is 0 Å². The van der Waals surface area contributed by atoms with Crippen molar-refractivity contribution in [1.29, 1.82) is 0 Å². The third-order valence-corrected chi connectivity index (χ3v) is 4.36. The van der Waals surface area contributed by atoms with Crippen LogP contribution in [0.4, 0.5) is 0 Å². The molecule has 104 valence electrons. The lowest BCUT2D eigenvalue weighted by Gasteiger charge is -2.37. The average molecular weight is 260 g/mol. The second-order valence-corrected chi connectivity index (χ2v) is 5.73. The molecule has 0 bridgehead atoms. The molecule has 0 aromatic heterocycles. The lowest BCUT2D eigenvalue weighted by atomic mass is 10.1. The number of benzene rings is 1. The standard InChI is InChI=1S/C16H24N2O/c1-17-11-13-4-2-5-14(10-13)12-18-8-9-19-16-7-3-6-15(16)18/h2,4-5,10,15-17H,3,6-9,11-12H2,1H3. The maximum atomic E-state index is 5.88. The number of morpholine rings is 1. The summed E-state index contributed by atoms with van der Waals surface area (Å²) < 4.78 is 5.88. The van der Waals surface area contributed by atoms with E-state index >= 15 is 0 Å². The molecule has 1 saturated heterocycles. The molecule has 3 nitrogen and oxygen atoms in total. The van der Waals surface area contributed by atoms with Crippen molar-refractivity contribution in [2.24, 2.45) is 0 Å². The van der Waals surface area contributed by atoms with Crippen LogP contribution in [0.5, 0.6) is 0 Å². The third-order valence-electron chi connectivity index (χ3n) is 4.36. The van der Waals surface area contributed by atoms with E-state index in [0.717, 1.165) is 26.2 Å². The van der Waals surface area contributed by atoms with Crippen LogP contribution in [-0.2, 0) is 17.8 Å². The molecule has 3 rings (SSSR count). The van der Waals surface area contributed by atoms with Crippen molar-refractivity contribution in [2.75, 3.05) is 20.2 Å². The van der Waals surface area contributed by atoms with Crippen LogP contribution in [-0.4, -0.2) is 37.2 Å². The first kappa shape index (κ1) is 13.1. The van der Waals surface area contributed by atoms with Gasteiger partial charge in [0, 0.05) is 25.7 Å². The molecule has 0 amide bonds. The Bertz CT molecular complexity index is 421. The quantitative estimate of drug-likeness (QED) is 0.898. The van der Waals surface area contributed by atoms with Gasteiger partial charge in [-0.15, -0.1) is 0 Å². The normalized spacial score (nSPS) is 27.4. The number of ether oxygens (including phenoxy) is 1. The van der Waals surface area contributed by atoms with Crippen LogP contribution in [0.25, 0.3) is 0 Å². The fourth-order valence-electron chi connectivity index (χ4n) is 3.48. The summed E-state index contributed by atoms with van der Waals surface area (Å²) in [6, 6.07) is 9.60. The van der Waals surface area contributed by atoms with Crippen molar-refractivity contribution in [3.8, 4) is 0 Å². The van der Waals surface area contributed by atoms with Gasteiger partial charge in [0.1, 0.15) is 0 Å². The molecule has 0 radical (unpaired) electrons. The molecular weight excluding hydrogens is 236 g/mol. The highest BCUT2D eigenvalue weighted by molar-refractivity contribution is 5.23. The van der Waals surface area contributed by atoms with Crippen LogP contribution in [0.2, 0.25) is 0 Å². The van der Waals surface area contributed by atoms with Crippen LogP contribution >= 0.6 is 0 Å². The van der Waals surface area contributed by atoms with Crippen molar-refractivity contribution in [1.82, 2.24) is 10.2 Å². The molecule has 1 aliphatic heterocycles. The zero-order valence-electron chi connectivity index (χ0n) is 11.8. The molecule has 2 unspecified atom stereocenters. The highest BCUT2D eigenvalue weighted by atomic mass is 16.5. The predicted molar refractivity (Wildman–Crippen MR) is 77.0 cm³/mol. The van der Waals surface area contributed by atoms with Crippen LogP contribution in [0.1, 0.15) is 30.4 Å². The Kier molecular flexibility index (Phi) is 4.16. The van der Waals surface area contributed by atoms with Crippen molar-refractivity contribution < 1.29 is 4.74 Å². The van der Waals surface area contributed by atoms with Crippen LogP contribution in [0.15, 0.2) is 24.3 Å². The molecule has 1 N–H and O–H groups in total. The zero-order chi connectivity index (χ0) is 13.1. The molecule has 1 aromatic carbocycles. The summed E-state index contributed by atoms with van der Waals surface area (Å²) >= 11 is 0. The molecule has 2 aliphatic rings. The van der Waals surface area contributed by atoms with Crippen LogP contribution in [0.3, 0.4) is 0 Å². The summed E-state index contributed by atoms with van der Waals surface area (Å²) in [7, 11) is 2.00.